The molecule has 3 aliphatic rings. The highest BCUT2D eigenvalue weighted by atomic mass is 16.2. The third-order valence-electron chi connectivity index (χ3n) is 7.79. The minimum atomic E-state index is 0.328. The van der Waals surface area contributed by atoms with Gasteiger partial charge in [0.1, 0.15) is 0 Å². The van der Waals surface area contributed by atoms with Crippen molar-refractivity contribution in [1.82, 2.24) is 9.80 Å². The van der Waals surface area contributed by atoms with E-state index in [9.17, 15) is 4.79 Å². The molecule has 26 heavy (non-hydrogen) atoms. The summed E-state index contributed by atoms with van der Waals surface area (Å²) >= 11 is 0. The SMILES string of the molecule is CCC1CCN(CC2CCN(C(=O)C3CCC(C(C)C)CC3)CC2)CC1. The molecule has 1 saturated carbocycles. The molecule has 0 N–H and O–H groups in total. The molecule has 0 aromatic heterocycles. The lowest BCUT2D eigenvalue weighted by molar-refractivity contribution is -0.138. The zero-order valence-corrected chi connectivity index (χ0v) is 17.6. The minimum absolute atomic E-state index is 0.328. The summed E-state index contributed by atoms with van der Waals surface area (Å²) in [4.78, 5) is 17.8. The van der Waals surface area contributed by atoms with Crippen LogP contribution in [0.25, 0.3) is 0 Å². The standard InChI is InChI=1S/C23H42N2O/c1-4-19-9-13-24(14-10-19)17-20-11-15-25(16-12-20)23(26)22-7-5-21(6-8-22)18(2)3/h18-22H,4-17H2,1-3H3. The summed E-state index contributed by atoms with van der Waals surface area (Å²) in [5.74, 6) is 4.22. The summed E-state index contributed by atoms with van der Waals surface area (Å²) in [5.41, 5.74) is 0. The Balaban J connectivity index is 1.36. The van der Waals surface area contributed by atoms with Crippen LogP contribution in [0.4, 0.5) is 0 Å². The Labute approximate surface area is 161 Å². The van der Waals surface area contributed by atoms with Crippen molar-refractivity contribution in [2.24, 2.45) is 29.6 Å². The van der Waals surface area contributed by atoms with Crippen molar-refractivity contribution < 1.29 is 4.79 Å². The number of nitrogens with zero attached hydrogens (tertiary/aromatic N) is 2. The van der Waals surface area contributed by atoms with Crippen LogP contribution in [0.3, 0.4) is 0 Å². The van der Waals surface area contributed by atoms with Gasteiger partial charge in [-0.25, -0.2) is 0 Å². The molecule has 0 spiro atoms. The normalized spacial score (nSPS) is 30.1. The van der Waals surface area contributed by atoms with Crippen LogP contribution in [0.5, 0.6) is 0 Å². The molecule has 0 unspecified atom stereocenters. The van der Waals surface area contributed by atoms with Crippen LogP contribution < -0.4 is 0 Å². The molecule has 2 heterocycles. The van der Waals surface area contributed by atoms with E-state index in [-0.39, 0.29) is 0 Å². The van der Waals surface area contributed by atoms with Crippen LogP contribution >= 0.6 is 0 Å². The van der Waals surface area contributed by atoms with Crippen molar-refractivity contribution in [3.63, 3.8) is 0 Å². The van der Waals surface area contributed by atoms with Gasteiger partial charge in [-0.1, -0.05) is 27.2 Å². The molecule has 0 radical (unpaired) electrons. The van der Waals surface area contributed by atoms with Gasteiger partial charge in [0.05, 0.1) is 0 Å². The predicted octanol–water partition coefficient (Wildman–Crippen LogP) is 4.81. The van der Waals surface area contributed by atoms with E-state index in [0.29, 0.717) is 11.8 Å². The monoisotopic (exact) mass is 362 g/mol. The first-order chi connectivity index (χ1) is 12.6. The largest absolute Gasteiger partial charge is 0.342 e. The average Bonchev–Trinajstić information content (AvgIpc) is 2.69. The Morgan fingerprint density at radius 3 is 1.96 bits per heavy atom. The molecule has 150 valence electrons. The maximum Gasteiger partial charge on any atom is 0.225 e. The van der Waals surface area contributed by atoms with Crippen LogP contribution in [-0.4, -0.2) is 48.4 Å². The Hall–Kier alpha value is -0.570. The average molecular weight is 363 g/mol. The van der Waals surface area contributed by atoms with Crippen LogP contribution in [-0.2, 0) is 4.79 Å². The molecule has 3 heteroatoms. The third kappa shape index (κ3) is 5.24. The van der Waals surface area contributed by atoms with E-state index in [1.165, 1.54) is 64.6 Å². The minimum Gasteiger partial charge on any atom is -0.342 e. The molecule has 2 saturated heterocycles. The van der Waals surface area contributed by atoms with E-state index in [1.54, 1.807) is 0 Å². The lowest BCUT2D eigenvalue weighted by Gasteiger charge is -2.39. The molecule has 0 atom stereocenters. The third-order valence-corrected chi connectivity index (χ3v) is 7.79. The molecule has 3 nitrogen and oxygen atoms in total. The Bertz CT molecular complexity index is 425. The number of piperidine rings is 2. The lowest BCUT2D eigenvalue weighted by atomic mass is 9.76. The van der Waals surface area contributed by atoms with Crippen molar-refractivity contribution in [2.45, 2.75) is 78.6 Å². The fraction of sp³-hybridized carbons (Fsp3) is 0.957. The van der Waals surface area contributed by atoms with Gasteiger partial charge in [0.2, 0.25) is 5.91 Å². The zero-order valence-electron chi connectivity index (χ0n) is 17.6. The van der Waals surface area contributed by atoms with E-state index in [0.717, 1.165) is 49.6 Å². The quantitative estimate of drug-likeness (QED) is 0.701. The summed E-state index contributed by atoms with van der Waals surface area (Å²) in [7, 11) is 0. The molecule has 3 fully saturated rings. The summed E-state index contributed by atoms with van der Waals surface area (Å²) < 4.78 is 0. The number of likely N-dealkylation sites (tertiary alicyclic amines) is 2. The fourth-order valence-corrected chi connectivity index (χ4v) is 5.57. The number of carbonyl (C=O) groups is 1. The molecule has 0 aromatic rings. The molecular formula is C23H42N2O. The van der Waals surface area contributed by atoms with Gasteiger partial charge < -0.3 is 9.80 Å². The van der Waals surface area contributed by atoms with Crippen molar-refractivity contribution in [3.8, 4) is 0 Å². The van der Waals surface area contributed by atoms with E-state index in [4.69, 9.17) is 0 Å². The number of rotatable bonds is 5. The first kappa shape index (κ1) is 20.2. The lowest BCUT2D eigenvalue weighted by Crippen LogP contribution is -2.45. The van der Waals surface area contributed by atoms with Crippen molar-refractivity contribution in [3.05, 3.63) is 0 Å². The van der Waals surface area contributed by atoms with Gasteiger partial charge in [0.15, 0.2) is 0 Å². The van der Waals surface area contributed by atoms with Gasteiger partial charge in [0.25, 0.3) is 0 Å². The molecule has 2 aliphatic heterocycles. The predicted molar refractivity (Wildman–Crippen MR) is 109 cm³/mol. The van der Waals surface area contributed by atoms with Gasteiger partial charge in [-0.15, -0.1) is 0 Å². The van der Waals surface area contributed by atoms with Gasteiger partial charge in [-0.2, -0.15) is 0 Å². The Morgan fingerprint density at radius 2 is 1.42 bits per heavy atom. The van der Waals surface area contributed by atoms with Crippen molar-refractivity contribution in [1.29, 1.82) is 0 Å². The van der Waals surface area contributed by atoms with Crippen LogP contribution in [0.2, 0.25) is 0 Å². The highest BCUT2D eigenvalue weighted by Crippen LogP contribution is 2.35. The van der Waals surface area contributed by atoms with Gasteiger partial charge in [0, 0.05) is 25.6 Å². The highest BCUT2D eigenvalue weighted by Gasteiger charge is 2.32. The number of carbonyl (C=O) groups excluding carboxylic acids is 1. The smallest absolute Gasteiger partial charge is 0.225 e. The second kappa shape index (κ2) is 9.57. The maximum absolute atomic E-state index is 12.9. The molecular weight excluding hydrogens is 320 g/mol. The van der Waals surface area contributed by atoms with Crippen molar-refractivity contribution >= 4 is 5.91 Å². The zero-order chi connectivity index (χ0) is 18.5. The van der Waals surface area contributed by atoms with Crippen LogP contribution in [0.15, 0.2) is 0 Å². The highest BCUT2D eigenvalue weighted by molar-refractivity contribution is 5.79. The van der Waals surface area contributed by atoms with E-state index >= 15 is 0 Å². The second-order valence-electron chi connectivity index (χ2n) is 9.78. The van der Waals surface area contributed by atoms with Gasteiger partial charge in [-0.3, -0.25) is 4.79 Å². The van der Waals surface area contributed by atoms with E-state index < -0.39 is 0 Å². The molecule has 0 bridgehead atoms. The van der Waals surface area contributed by atoms with Gasteiger partial charge >= 0.3 is 0 Å². The molecule has 3 rings (SSSR count). The van der Waals surface area contributed by atoms with Crippen LogP contribution in [0.1, 0.15) is 78.6 Å². The summed E-state index contributed by atoms with van der Waals surface area (Å²) in [5, 5.41) is 0. The molecule has 0 aromatic carbocycles. The first-order valence-electron chi connectivity index (χ1n) is 11.6. The molecule has 1 amide bonds. The first-order valence-corrected chi connectivity index (χ1v) is 11.6. The van der Waals surface area contributed by atoms with Gasteiger partial charge in [-0.05, 0) is 88.1 Å². The number of hydrogen-bond donors (Lipinski definition) is 0. The summed E-state index contributed by atoms with van der Waals surface area (Å²) in [6, 6.07) is 0. The fourth-order valence-electron chi connectivity index (χ4n) is 5.57. The Morgan fingerprint density at radius 1 is 0.846 bits per heavy atom. The topological polar surface area (TPSA) is 23.6 Å². The van der Waals surface area contributed by atoms with Crippen molar-refractivity contribution in [2.75, 3.05) is 32.7 Å². The second-order valence-corrected chi connectivity index (χ2v) is 9.78. The Kier molecular flexibility index (Phi) is 7.43. The summed E-state index contributed by atoms with van der Waals surface area (Å²) in [6.45, 7) is 12.9. The number of hydrogen-bond acceptors (Lipinski definition) is 2. The summed E-state index contributed by atoms with van der Waals surface area (Å²) in [6.07, 6.45) is 11.4. The molecule has 1 aliphatic carbocycles. The van der Waals surface area contributed by atoms with E-state index in [1.807, 2.05) is 0 Å². The van der Waals surface area contributed by atoms with Crippen LogP contribution in [0, 0.1) is 29.6 Å². The number of amides is 1. The van der Waals surface area contributed by atoms with E-state index in [2.05, 4.69) is 30.6 Å². The maximum atomic E-state index is 12.9.